The predicted molar refractivity (Wildman–Crippen MR) is 100 cm³/mol. The van der Waals surface area contributed by atoms with Crippen LogP contribution in [0.5, 0.6) is 0 Å². The molecule has 0 saturated heterocycles. The first kappa shape index (κ1) is 18.7. The van der Waals surface area contributed by atoms with Crippen molar-refractivity contribution in [3.8, 4) is 0 Å². The van der Waals surface area contributed by atoms with E-state index in [9.17, 15) is 9.59 Å². The van der Waals surface area contributed by atoms with Gasteiger partial charge in [-0.1, -0.05) is 37.3 Å². The molecule has 0 aromatic heterocycles. The van der Waals surface area contributed by atoms with Gasteiger partial charge in [-0.3, -0.25) is 9.59 Å². The largest absolute Gasteiger partial charge is 0.352 e. The van der Waals surface area contributed by atoms with Crippen LogP contribution >= 0.6 is 0 Å². The Kier molecular flexibility index (Phi) is 7.66. The maximum atomic E-state index is 12.0. The topological polar surface area (TPSA) is 70.2 Å². The van der Waals surface area contributed by atoms with Crippen molar-refractivity contribution in [2.75, 3.05) is 18.4 Å². The van der Waals surface area contributed by atoms with Crippen molar-refractivity contribution in [2.24, 2.45) is 0 Å². The Balaban J connectivity index is 1.69. The number of hydrogen-bond donors (Lipinski definition) is 3. The molecule has 0 heterocycles. The molecule has 0 spiro atoms. The lowest BCUT2D eigenvalue weighted by Crippen LogP contribution is -2.25. The van der Waals surface area contributed by atoms with Crippen LogP contribution in [0.3, 0.4) is 0 Å². The van der Waals surface area contributed by atoms with Crippen molar-refractivity contribution in [1.29, 1.82) is 0 Å². The first-order valence-corrected chi connectivity index (χ1v) is 8.62. The van der Waals surface area contributed by atoms with Gasteiger partial charge in [-0.05, 0) is 42.8 Å². The van der Waals surface area contributed by atoms with Crippen LogP contribution in [-0.2, 0) is 11.3 Å². The van der Waals surface area contributed by atoms with Gasteiger partial charge in [0, 0.05) is 30.8 Å². The van der Waals surface area contributed by atoms with Gasteiger partial charge in [-0.25, -0.2) is 0 Å². The van der Waals surface area contributed by atoms with Crippen LogP contribution in [0, 0.1) is 0 Å². The summed E-state index contributed by atoms with van der Waals surface area (Å²) in [5.74, 6) is -0.160. The maximum Gasteiger partial charge on any atom is 0.251 e. The van der Waals surface area contributed by atoms with Gasteiger partial charge < -0.3 is 16.0 Å². The number of carbonyl (C=O) groups is 2. The van der Waals surface area contributed by atoms with Crippen LogP contribution < -0.4 is 16.0 Å². The second-order valence-corrected chi connectivity index (χ2v) is 5.75. The molecular weight excluding hydrogens is 314 g/mol. The monoisotopic (exact) mass is 339 g/mol. The summed E-state index contributed by atoms with van der Waals surface area (Å²) in [5, 5.41) is 8.98. The lowest BCUT2D eigenvalue weighted by atomic mass is 10.2. The van der Waals surface area contributed by atoms with Crippen LogP contribution in [-0.4, -0.2) is 24.9 Å². The van der Waals surface area contributed by atoms with Crippen LogP contribution in [0.2, 0.25) is 0 Å². The second kappa shape index (κ2) is 10.3. The summed E-state index contributed by atoms with van der Waals surface area (Å²) in [5.41, 5.74) is 2.56. The number of benzene rings is 2. The molecule has 2 amide bonds. The Labute approximate surface area is 148 Å². The quantitative estimate of drug-likeness (QED) is 0.615. The van der Waals surface area contributed by atoms with E-state index in [-0.39, 0.29) is 11.8 Å². The average Bonchev–Trinajstić information content (AvgIpc) is 2.64. The van der Waals surface area contributed by atoms with Crippen molar-refractivity contribution in [3.63, 3.8) is 0 Å². The summed E-state index contributed by atoms with van der Waals surface area (Å²) in [6.07, 6.45) is 0.966. The minimum atomic E-state index is -0.114. The van der Waals surface area contributed by atoms with Crippen molar-refractivity contribution in [1.82, 2.24) is 10.6 Å². The first-order valence-electron chi connectivity index (χ1n) is 8.62. The summed E-state index contributed by atoms with van der Waals surface area (Å²) in [7, 11) is 0. The van der Waals surface area contributed by atoms with E-state index in [0.29, 0.717) is 24.9 Å². The third kappa shape index (κ3) is 6.77. The molecule has 3 N–H and O–H groups in total. The van der Waals surface area contributed by atoms with Gasteiger partial charge in [-0.15, -0.1) is 0 Å². The maximum absolute atomic E-state index is 12.0. The van der Waals surface area contributed by atoms with Gasteiger partial charge in [0.1, 0.15) is 0 Å². The lowest BCUT2D eigenvalue weighted by Gasteiger charge is -2.08. The summed E-state index contributed by atoms with van der Waals surface area (Å²) >= 11 is 0. The third-order valence-electron chi connectivity index (χ3n) is 3.69. The molecule has 25 heavy (non-hydrogen) atoms. The molecule has 0 radical (unpaired) electrons. The van der Waals surface area contributed by atoms with Crippen LogP contribution in [0.25, 0.3) is 0 Å². The summed E-state index contributed by atoms with van der Waals surface area (Å²) in [6, 6.07) is 16.9. The van der Waals surface area contributed by atoms with Gasteiger partial charge >= 0.3 is 0 Å². The molecule has 0 bridgehead atoms. The zero-order chi connectivity index (χ0) is 17.9. The van der Waals surface area contributed by atoms with Crippen molar-refractivity contribution in [3.05, 3.63) is 65.7 Å². The van der Waals surface area contributed by atoms with Gasteiger partial charge in [0.2, 0.25) is 5.91 Å². The van der Waals surface area contributed by atoms with Gasteiger partial charge in [0.05, 0.1) is 0 Å². The van der Waals surface area contributed by atoms with Gasteiger partial charge in [0.25, 0.3) is 5.91 Å². The highest BCUT2D eigenvalue weighted by Crippen LogP contribution is 2.11. The van der Waals surface area contributed by atoms with E-state index >= 15 is 0 Å². The zero-order valence-corrected chi connectivity index (χ0v) is 14.5. The molecule has 0 saturated carbocycles. The molecule has 5 nitrogen and oxygen atoms in total. The van der Waals surface area contributed by atoms with Gasteiger partial charge in [-0.2, -0.15) is 0 Å². The van der Waals surface area contributed by atoms with E-state index in [2.05, 4.69) is 22.9 Å². The number of carbonyl (C=O) groups excluding carboxylic acids is 2. The molecule has 0 aliphatic rings. The van der Waals surface area contributed by atoms with Crippen LogP contribution in [0.1, 0.15) is 35.7 Å². The fourth-order valence-corrected chi connectivity index (χ4v) is 2.39. The molecule has 5 heteroatoms. The molecule has 0 unspecified atom stereocenters. The molecule has 0 fully saturated rings. The minimum Gasteiger partial charge on any atom is -0.352 e. The standard InChI is InChI=1S/C20H25N3O2/c1-2-21-15-16-8-6-11-18(14-16)23-19(24)12-7-13-22-20(25)17-9-4-3-5-10-17/h3-6,8-11,14,21H,2,7,12-13,15H2,1H3,(H,22,25)(H,23,24). The zero-order valence-electron chi connectivity index (χ0n) is 14.5. The van der Waals surface area contributed by atoms with Crippen molar-refractivity contribution in [2.45, 2.75) is 26.3 Å². The van der Waals surface area contributed by atoms with E-state index in [1.807, 2.05) is 42.5 Å². The fraction of sp³-hybridized carbons (Fsp3) is 0.300. The molecule has 2 rings (SSSR count). The van der Waals surface area contributed by atoms with E-state index < -0.39 is 0 Å². The highest BCUT2D eigenvalue weighted by atomic mass is 16.2. The molecular formula is C20H25N3O2. The number of anilines is 1. The van der Waals surface area contributed by atoms with E-state index in [1.165, 1.54) is 0 Å². The predicted octanol–water partition coefficient (Wildman–Crippen LogP) is 2.94. The van der Waals surface area contributed by atoms with Crippen LogP contribution in [0.4, 0.5) is 5.69 Å². The molecule has 0 atom stereocenters. The first-order chi connectivity index (χ1) is 12.2. The normalized spacial score (nSPS) is 10.3. The van der Waals surface area contributed by atoms with E-state index in [1.54, 1.807) is 12.1 Å². The third-order valence-corrected chi connectivity index (χ3v) is 3.69. The SMILES string of the molecule is CCNCc1cccc(NC(=O)CCCNC(=O)c2ccccc2)c1. The highest BCUT2D eigenvalue weighted by molar-refractivity contribution is 5.94. The minimum absolute atomic E-state index is 0.0467. The number of rotatable bonds is 9. The molecule has 0 aliphatic heterocycles. The fourth-order valence-electron chi connectivity index (χ4n) is 2.39. The smallest absolute Gasteiger partial charge is 0.251 e. The Morgan fingerprint density at radius 2 is 1.80 bits per heavy atom. The number of amides is 2. The van der Waals surface area contributed by atoms with Crippen molar-refractivity contribution >= 4 is 17.5 Å². The van der Waals surface area contributed by atoms with Gasteiger partial charge in [0.15, 0.2) is 0 Å². The lowest BCUT2D eigenvalue weighted by molar-refractivity contribution is -0.116. The van der Waals surface area contributed by atoms with E-state index in [0.717, 1.165) is 24.3 Å². The molecule has 2 aromatic carbocycles. The summed E-state index contributed by atoms with van der Waals surface area (Å²) < 4.78 is 0. The number of nitrogens with one attached hydrogen (secondary N) is 3. The van der Waals surface area contributed by atoms with Crippen molar-refractivity contribution < 1.29 is 9.59 Å². The Hall–Kier alpha value is -2.66. The summed E-state index contributed by atoms with van der Waals surface area (Å²) in [6.45, 7) is 4.22. The molecule has 2 aromatic rings. The van der Waals surface area contributed by atoms with Crippen LogP contribution in [0.15, 0.2) is 54.6 Å². The Bertz CT molecular complexity index is 686. The highest BCUT2D eigenvalue weighted by Gasteiger charge is 2.06. The average molecular weight is 339 g/mol. The molecule has 0 aliphatic carbocycles. The molecule has 132 valence electrons. The summed E-state index contributed by atoms with van der Waals surface area (Å²) in [4.78, 5) is 23.9. The number of hydrogen-bond acceptors (Lipinski definition) is 3. The van der Waals surface area contributed by atoms with E-state index in [4.69, 9.17) is 0 Å². The Morgan fingerprint density at radius 3 is 2.56 bits per heavy atom. The Morgan fingerprint density at radius 1 is 1.00 bits per heavy atom. The second-order valence-electron chi connectivity index (χ2n) is 5.75.